The molecule has 0 saturated carbocycles. The average Bonchev–Trinajstić information content (AvgIpc) is 3.20. The second-order valence-corrected chi connectivity index (χ2v) is 6.43. The fraction of sp³-hybridized carbons (Fsp3) is 0.150. The van der Waals surface area contributed by atoms with Crippen LogP contribution in [0.15, 0.2) is 53.1 Å². The van der Waals surface area contributed by atoms with Gasteiger partial charge in [-0.05, 0) is 29.7 Å². The molecule has 1 amide bonds. The number of hydrogen-bond donors (Lipinski definition) is 2. The Labute approximate surface area is 157 Å². The number of rotatable bonds is 2. The Kier molecular flexibility index (Phi) is 3.96. The fourth-order valence-electron chi connectivity index (χ4n) is 3.29. The number of nitriles is 1. The monoisotopic (exact) mass is 383 g/mol. The van der Waals surface area contributed by atoms with Crippen molar-refractivity contribution in [1.29, 1.82) is 5.26 Å². The molecule has 0 fully saturated rings. The Hall–Kier alpha value is -3.60. The van der Waals surface area contributed by atoms with Crippen molar-refractivity contribution in [3.05, 3.63) is 64.8 Å². The number of nitrogens with one attached hydrogen (secondary N) is 1. The number of aliphatic imine (C=N–C) groups is 1. The van der Waals surface area contributed by atoms with Gasteiger partial charge in [0.15, 0.2) is 5.88 Å². The van der Waals surface area contributed by atoms with Crippen LogP contribution < -0.4 is 0 Å². The first-order valence-corrected chi connectivity index (χ1v) is 8.34. The molecule has 2 aliphatic rings. The summed E-state index contributed by atoms with van der Waals surface area (Å²) in [5, 5.41) is 19.3. The van der Waals surface area contributed by atoms with E-state index in [0.29, 0.717) is 17.6 Å². The number of aromatic amines is 1. The molecule has 0 radical (unpaired) electrons. The van der Waals surface area contributed by atoms with E-state index < -0.39 is 17.6 Å². The highest BCUT2D eigenvalue weighted by molar-refractivity contribution is 6.31. The summed E-state index contributed by atoms with van der Waals surface area (Å²) in [4.78, 5) is 19.2. The molecule has 1 aromatic carbocycles. The highest BCUT2D eigenvalue weighted by Crippen LogP contribution is 2.39. The van der Waals surface area contributed by atoms with Gasteiger partial charge in [-0.15, -0.1) is 0 Å². The second-order valence-electron chi connectivity index (χ2n) is 6.43. The lowest BCUT2D eigenvalue weighted by Crippen LogP contribution is -2.05. The lowest BCUT2D eigenvalue weighted by molar-refractivity contribution is -0.137. The van der Waals surface area contributed by atoms with E-state index in [-0.39, 0.29) is 34.3 Å². The van der Waals surface area contributed by atoms with E-state index in [1.807, 2.05) is 0 Å². The van der Waals surface area contributed by atoms with E-state index in [1.54, 1.807) is 18.2 Å². The maximum atomic E-state index is 12.8. The maximum Gasteiger partial charge on any atom is 0.416 e. The van der Waals surface area contributed by atoms with Gasteiger partial charge >= 0.3 is 6.18 Å². The minimum Gasteiger partial charge on any atom is -0.494 e. The molecule has 28 heavy (non-hydrogen) atoms. The van der Waals surface area contributed by atoms with Crippen LogP contribution in [0, 0.1) is 17.2 Å². The smallest absolute Gasteiger partial charge is 0.416 e. The molecule has 0 bridgehead atoms. The van der Waals surface area contributed by atoms with E-state index >= 15 is 0 Å². The summed E-state index contributed by atoms with van der Waals surface area (Å²) in [6.45, 7) is 0. The van der Waals surface area contributed by atoms with Crippen LogP contribution >= 0.6 is 0 Å². The number of benzene rings is 1. The average molecular weight is 383 g/mol. The standard InChI is InChI=1S/C20H12F3N3O2/c21-20(22,23)13-7-5-12(6-8-13)17-15-14(18(27)26-17)16(25-19(15)28)11-3-1-10(9-24)2-4-11/h1,3-8,10,26-27H,2H2. The topological polar surface area (TPSA) is 89.2 Å². The number of alkyl halides is 3. The number of halogens is 3. The molecule has 2 aromatic rings. The highest BCUT2D eigenvalue weighted by atomic mass is 19.4. The highest BCUT2D eigenvalue weighted by Gasteiger charge is 2.35. The van der Waals surface area contributed by atoms with Gasteiger partial charge in [0, 0.05) is 0 Å². The lowest BCUT2D eigenvalue weighted by Gasteiger charge is -2.10. The summed E-state index contributed by atoms with van der Waals surface area (Å²) in [5.74, 6) is -1.14. The van der Waals surface area contributed by atoms with Crippen LogP contribution in [0.1, 0.15) is 27.9 Å². The number of carbonyl (C=O) groups excluding carboxylic acids is 1. The number of H-pyrrole nitrogens is 1. The van der Waals surface area contributed by atoms with E-state index in [4.69, 9.17) is 5.26 Å². The third kappa shape index (κ3) is 2.81. The van der Waals surface area contributed by atoms with Gasteiger partial charge in [-0.25, -0.2) is 4.99 Å². The summed E-state index contributed by atoms with van der Waals surface area (Å²) >= 11 is 0. The number of hydrogen-bond acceptors (Lipinski definition) is 3. The largest absolute Gasteiger partial charge is 0.494 e. The Balaban J connectivity index is 1.74. The van der Waals surface area contributed by atoms with E-state index in [1.165, 1.54) is 12.1 Å². The van der Waals surface area contributed by atoms with Crippen molar-refractivity contribution in [1.82, 2.24) is 4.98 Å². The van der Waals surface area contributed by atoms with Crippen LogP contribution in [0.5, 0.6) is 5.88 Å². The van der Waals surface area contributed by atoms with Crippen molar-refractivity contribution in [2.24, 2.45) is 10.9 Å². The van der Waals surface area contributed by atoms with E-state index in [0.717, 1.165) is 12.1 Å². The molecule has 1 unspecified atom stereocenters. The molecule has 5 nitrogen and oxygen atoms in total. The van der Waals surface area contributed by atoms with Crippen LogP contribution in [0.25, 0.3) is 11.3 Å². The van der Waals surface area contributed by atoms with Crippen molar-refractivity contribution in [3.8, 4) is 23.2 Å². The van der Waals surface area contributed by atoms with Gasteiger partial charge < -0.3 is 10.1 Å². The van der Waals surface area contributed by atoms with Crippen LogP contribution in [0.2, 0.25) is 0 Å². The van der Waals surface area contributed by atoms with Crippen LogP contribution in [0.3, 0.4) is 0 Å². The molecule has 4 rings (SSSR count). The Morgan fingerprint density at radius 2 is 1.93 bits per heavy atom. The van der Waals surface area contributed by atoms with Crippen molar-refractivity contribution in [2.75, 3.05) is 0 Å². The molecule has 1 aliphatic carbocycles. The van der Waals surface area contributed by atoms with Gasteiger partial charge in [0.2, 0.25) is 0 Å². The molecule has 140 valence electrons. The minimum atomic E-state index is -4.47. The first-order chi connectivity index (χ1) is 13.3. The number of fused-ring (bicyclic) bond motifs is 1. The van der Waals surface area contributed by atoms with E-state index in [9.17, 15) is 23.1 Å². The number of aromatic nitrogens is 1. The van der Waals surface area contributed by atoms with Gasteiger partial charge in [-0.3, -0.25) is 4.79 Å². The molecule has 2 heterocycles. The van der Waals surface area contributed by atoms with Gasteiger partial charge in [0.25, 0.3) is 5.91 Å². The van der Waals surface area contributed by atoms with Crippen LogP contribution in [-0.4, -0.2) is 21.7 Å². The number of amides is 1. The Morgan fingerprint density at radius 1 is 1.21 bits per heavy atom. The zero-order chi connectivity index (χ0) is 20.1. The fourth-order valence-corrected chi connectivity index (χ4v) is 3.29. The molecule has 2 N–H and O–H groups in total. The van der Waals surface area contributed by atoms with Crippen molar-refractivity contribution >= 4 is 11.6 Å². The quantitative estimate of drug-likeness (QED) is 0.807. The number of aromatic hydroxyl groups is 1. The van der Waals surface area contributed by atoms with E-state index in [2.05, 4.69) is 16.0 Å². The summed E-state index contributed by atoms with van der Waals surface area (Å²) in [5.41, 5.74) is 0.936. The Bertz CT molecular complexity index is 1110. The lowest BCUT2D eigenvalue weighted by atomic mass is 9.92. The predicted molar refractivity (Wildman–Crippen MR) is 94.7 cm³/mol. The Morgan fingerprint density at radius 3 is 2.50 bits per heavy atom. The normalized spacial score (nSPS) is 18.5. The van der Waals surface area contributed by atoms with Crippen molar-refractivity contribution in [3.63, 3.8) is 0 Å². The first kappa shape index (κ1) is 17.8. The molecule has 8 heteroatoms. The van der Waals surface area contributed by atoms with Gasteiger partial charge in [-0.1, -0.05) is 30.4 Å². The number of nitrogens with zero attached hydrogens (tertiary/aromatic N) is 2. The minimum absolute atomic E-state index is 0.115. The first-order valence-electron chi connectivity index (χ1n) is 8.34. The van der Waals surface area contributed by atoms with Gasteiger partial charge in [0.1, 0.15) is 0 Å². The number of carbonyl (C=O) groups is 1. The summed E-state index contributed by atoms with van der Waals surface area (Å²) in [6.07, 6.45) is 1.12. The van der Waals surface area contributed by atoms with Crippen molar-refractivity contribution < 1.29 is 23.1 Å². The molecule has 0 spiro atoms. The number of allylic oxidation sites excluding steroid dienone is 4. The molecular weight excluding hydrogens is 371 g/mol. The van der Waals surface area contributed by atoms with Crippen molar-refractivity contribution in [2.45, 2.75) is 12.6 Å². The molecule has 0 saturated heterocycles. The van der Waals surface area contributed by atoms with Gasteiger partial charge in [-0.2, -0.15) is 18.4 Å². The third-order valence-electron chi connectivity index (χ3n) is 4.68. The maximum absolute atomic E-state index is 12.8. The molecule has 1 aromatic heterocycles. The summed E-state index contributed by atoms with van der Waals surface area (Å²) < 4.78 is 38.3. The zero-order valence-electron chi connectivity index (χ0n) is 14.2. The SMILES string of the molecule is N#CC1C=CC(C2=NC(=O)c3c(-c4ccc(C(F)(F)F)cc4)[nH]c(O)c32)=CC1. The van der Waals surface area contributed by atoms with Crippen LogP contribution in [0.4, 0.5) is 13.2 Å². The van der Waals surface area contributed by atoms with Crippen LogP contribution in [-0.2, 0) is 6.18 Å². The zero-order valence-corrected chi connectivity index (χ0v) is 14.2. The molecule has 1 aliphatic heterocycles. The van der Waals surface area contributed by atoms with Gasteiger partial charge in [0.05, 0.1) is 40.1 Å². The molecule has 1 atom stereocenters. The molecular formula is C20H12F3N3O2. The summed E-state index contributed by atoms with van der Waals surface area (Å²) in [7, 11) is 0. The third-order valence-corrected chi connectivity index (χ3v) is 4.68. The second kappa shape index (κ2) is 6.23. The summed E-state index contributed by atoms with van der Waals surface area (Å²) in [6, 6.07) is 6.41. The predicted octanol–water partition coefficient (Wildman–Crippen LogP) is 4.38.